The number of aliphatic hydroxyl groups excluding tert-OH is 2. The Morgan fingerprint density at radius 1 is 1.38 bits per heavy atom. The van der Waals surface area contributed by atoms with E-state index in [-0.39, 0.29) is 24.4 Å². The summed E-state index contributed by atoms with van der Waals surface area (Å²) in [5.41, 5.74) is 1.41. The number of allylic oxidation sites excluding steroid dienone is 2. The number of hydrogen-bond donors (Lipinski definition) is 3. The van der Waals surface area contributed by atoms with Crippen molar-refractivity contribution in [2.45, 2.75) is 71.0 Å². The maximum absolute atomic E-state index is 10.6. The molecule has 0 saturated heterocycles. The van der Waals surface area contributed by atoms with E-state index >= 15 is 0 Å². The van der Waals surface area contributed by atoms with Crippen molar-refractivity contribution in [1.82, 2.24) is 0 Å². The zero-order valence-corrected chi connectivity index (χ0v) is 15.9. The third-order valence-corrected chi connectivity index (χ3v) is 5.85. The molecule has 0 spiro atoms. The van der Waals surface area contributed by atoms with Gasteiger partial charge in [-0.05, 0) is 56.8 Å². The fourth-order valence-electron chi connectivity index (χ4n) is 4.31. The first-order valence-corrected chi connectivity index (χ1v) is 9.76. The Bertz CT molecular complexity index is 595. The lowest BCUT2D eigenvalue weighted by atomic mass is 9.89. The van der Waals surface area contributed by atoms with Gasteiger partial charge in [0.2, 0.25) is 0 Å². The zero-order chi connectivity index (χ0) is 19.1. The highest BCUT2D eigenvalue weighted by Gasteiger charge is 2.44. The van der Waals surface area contributed by atoms with Gasteiger partial charge in [-0.25, -0.2) is 0 Å². The van der Waals surface area contributed by atoms with Gasteiger partial charge in [-0.15, -0.1) is 11.8 Å². The molecule has 144 valence electrons. The summed E-state index contributed by atoms with van der Waals surface area (Å²) in [5.74, 6) is 6.25. The van der Waals surface area contributed by atoms with Gasteiger partial charge in [0.15, 0.2) is 0 Å². The normalized spacial score (nSPS) is 31.6. The summed E-state index contributed by atoms with van der Waals surface area (Å²) in [7, 11) is 0. The smallest absolute Gasteiger partial charge is 0.303 e. The first-order chi connectivity index (χ1) is 12.4. The summed E-state index contributed by atoms with van der Waals surface area (Å²) in [6, 6.07) is 0. The average Bonchev–Trinajstić information content (AvgIpc) is 3.10. The van der Waals surface area contributed by atoms with Crippen LogP contribution >= 0.6 is 0 Å². The molecular weight excluding hydrogens is 328 g/mol. The van der Waals surface area contributed by atoms with Crippen LogP contribution in [0.25, 0.3) is 0 Å². The van der Waals surface area contributed by atoms with Gasteiger partial charge in [-0.1, -0.05) is 30.7 Å². The molecule has 2 saturated carbocycles. The van der Waals surface area contributed by atoms with Gasteiger partial charge in [-0.2, -0.15) is 0 Å². The second kappa shape index (κ2) is 9.94. The highest BCUT2D eigenvalue weighted by atomic mass is 16.4. The van der Waals surface area contributed by atoms with Crippen molar-refractivity contribution in [1.29, 1.82) is 0 Å². The molecule has 0 aliphatic heterocycles. The Balaban J connectivity index is 1.89. The molecule has 0 aromatic heterocycles. The monoisotopic (exact) mass is 360 g/mol. The number of carboxylic acids is 1. The minimum Gasteiger partial charge on any atom is -0.481 e. The molecule has 0 heterocycles. The Kier molecular flexibility index (Phi) is 7.93. The molecule has 4 heteroatoms. The van der Waals surface area contributed by atoms with Crippen LogP contribution < -0.4 is 0 Å². The van der Waals surface area contributed by atoms with Crippen LogP contribution in [0.3, 0.4) is 0 Å². The Hall–Kier alpha value is -1.57. The molecule has 2 rings (SSSR count). The maximum Gasteiger partial charge on any atom is 0.303 e. The fraction of sp³-hybridized carbons (Fsp3) is 0.682. The standard InChI is InChI=1S/C22H32O4/c1-3-4-7-15(2)20(23)11-10-18-19-13-16(8-5-6-9-22(25)26)12-17(19)14-21(18)24/h8,10-11,15,17-21,23-24H,5-7,9,12-14H2,1-2H3,(H,25,26)/b11-10+,16-8+/t15?,17-,18+,19?,20+,21+/m0/s1. The van der Waals surface area contributed by atoms with Crippen LogP contribution in [0.1, 0.15) is 58.8 Å². The number of aliphatic hydroxyl groups is 2. The first-order valence-electron chi connectivity index (χ1n) is 9.76. The van der Waals surface area contributed by atoms with Crippen LogP contribution in [0.5, 0.6) is 0 Å². The molecular formula is C22H32O4. The molecule has 6 atom stereocenters. The topological polar surface area (TPSA) is 77.8 Å². The van der Waals surface area contributed by atoms with Crippen molar-refractivity contribution < 1.29 is 20.1 Å². The molecule has 0 amide bonds. The summed E-state index contributed by atoms with van der Waals surface area (Å²) in [6.45, 7) is 3.79. The van der Waals surface area contributed by atoms with Crippen LogP contribution in [-0.2, 0) is 4.79 Å². The van der Waals surface area contributed by atoms with E-state index < -0.39 is 12.1 Å². The van der Waals surface area contributed by atoms with E-state index in [4.69, 9.17) is 5.11 Å². The van der Waals surface area contributed by atoms with Crippen molar-refractivity contribution in [3.63, 3.8) is 0 Å². The van der Waals surface area contributed by atoms with Crippen molar-refractivity contribution in [3.05, 3.63) is 23.8 Å². The Morgan fingerprint density at radius 2 is 2.15 bits per heavy atom. The van der Waals surface area contributed by atoms with E-state index in [9.17, 15) is 15.0 Å². The highest BCUT2D eigenvalue weighted by molar-refractivity contribution is 5.66. The molecule has 0 aromatic carbocycles. The molecule has 4 nitrogen and oxygen atoms in total. The third kappa shape index (κ3) is 5.72. The number of rotatable bonds is 8. The average molecular weight is 360 g/mol. The molecule has 0 bridgehead atoms. The van der Waals surface area contributed by atoms with Gasteiger partial charge in [-0.3, -0.25) is 4.79 Å². The third-order valence-electron chi connectivity index (χ3n) is 5.85. The van der Waals surface area contributed by atoms with Crippen molar-refractivity contribution in [2.24, 2.45) is 23.7 Å². The first kappa shape index (κ1) is 20.7. The minimum absolute atomic E-state index is 0.0845. The number of hydrogen-bond acceptors (Lipinski definition) is 3. The van der Waals surface area contributed by atoms with Crippen molar-refractivity contribution >= 4 is 5.97 Å². The summed E-state index contributed by atoms with van der Waals surface area (Å²) in [5, 5.41) is 29.4. The van der Waals surface area contributed by atoms with E-state index in [0.29, 0.717) is 24.7 Å². The lowest BCUT2D eigenvalue weighted by Crippen LogP contribution is -2.19. The lowest BCUT2D eigenvalue weighted by Gasteiger charge is -2.19. The van der Waals surface area contributed by atoms with E-state index in [1.807, 2.05) is 19.1 Å². The summed E-state index contributed by atoms with van der Waals surface area (Å²) < 4.78 is 0. The molecule has 2 unspecified atom stereocenters. The number of carboxylic acid groups (broad SMARTS) is 1. The van der Waals surface area contributed by atoms with E-state index in [0.717, 1.165) is 25.7 Å². The number of aliphatic carboxylic acids is 1. The number of unbranched alkanes of at least 4 members (excludes halogenated alkanes) is 1. The lowest BCUT2D eigenvalue weighted by molar-refractivity contribution is -0.137. The molecule has 3 N–H and O–H groups in total. The molecule has 2 aliphatic rings. The molecule has 2 aliphatic carbocycles. The SMILES string of the molecule is CC#CCC(C)[C@H](O)/C=C/[C@@H]1C2C/C(=C/CCCC(=O)O)C[C@H]2C[C@H]1O. The zero-order valence-electron chi connectivity index (χ0n) is 15.9. The largest absolute Gasteiger partial charge is 0.481 e. The summed E-state index contributed by atoms with van der Waals surface area (Å²) >= 11 is 0. The van der Waals surface area contributed by atoms with Crippen molar-refractivity contribution in [2.75, 3.05) is 0 Å². The van der Waals surface area contributed by atoms with Crippen LogP contribution in [0.4, 0.5) is 0 Å². The van der Waals surface area contributed by atoms with Crippen LogP contribution in [-0.4, -0.2) is 33.5 Å². The number of fused-ring (bicyclic) bond motifs is 1. The molecule has 0 radical (unpaired) electrons. The quantitative estimate of drug-likeness (QED) is 0.351. The van der Waals surface area contributed by atoms with Crippen LogP contribution in [0.2, 0.25) is 0 Å². The van der Waals surface area contributed by atoms with E-state index in [1.165, 1.54) is 5.57 Å². The number of carbonyl (C=O) groups is 1. The molecule has 2 fully saturated rings. The molecule has 26 heavy (non-hydrogen) atoms. The van der Waals surface area contributed by atoms with Crippen LogP contribution in [0, 0.1) is 35.5 Å². The Morgan fingerprint density at radius 3 is 2.85 bits per heavy atom. The fourth-order valence-corrected chi connectivity index (χ4v) is 4.31. The van der Waals surface area contributed by atoms with E-state index in [1.54, 1.807) is 6.92 Å². The highest BCUT2D eigenvalue weighted by Crippen LogP contribution is 2.50. The van der Waals surface area contributed by atoms with E-state index in [2.05, 4.69) is 17.9 Å². The Labute approximate surface area is 157 Å². The molecule has 0 aromatic rings. The van der Waals surface area contributed by atoms with Gasteiger partial charge < -0.3 is 15.3 Å². The van der Waals surface area contributed by atoms with Gasteiger partial charge in [0.25, 0.3) is 0 Å². The second-order valence-corrected chi connectivity index (χ2v) is 7.84. The van der Waals surface area contributed by atoms with Gasteiger partial charge >= 0.3 is 5.97 Å². The van der Waals surface area contributed by atoms with Crippen molar-refractivity contribution in [3.8, 4) is 11.8 Å². The summed E-state index contributed by atoms with van der Waals surface area (Å²) in [4.78, 5) is 10.6. The minimum atomic E-state index is -0.738. The summed E-state index contributed by atoms with van der Waals surface area (Å²) in [6.07, 6.45) is 10.4. The second-order valence-electron chi connectivity index (χ2n) is 7.84. The van der Waals surface area contributed by atoms with Gasteiger partial charge in [0, 0.05) is 18.8 Å². The predicted molar refractivity (Wildman–Crippen MR) is 102 cm³/mol. The predicted octanol–water partition coefficient (Wildman–Crippen LogP) is 3.54. The van der Waals surface area contributed by atoms with Gasteiger partial charge in [0.1, 0.15) is 0 Å². The maximum atomic E-state index is 10.6. The van der Waals surface area contributed by atoms with Crippen LogP contribution in [0.15, 0.2) is 23.8 Å². The van der Waals surface area contributed by atoms with Gasteiger partial charge in [0.05, 0.1) is 12.2 Å².